The van der Waals surface area contributed by atoms with Crippen LogP contribution >= 0.6 is 27.3 Å². The molecule has 0 amide bonds. The summed E-state index contributed by atoms with van der Waals surface area (Å²) in [6.07, 6.45) is 2.25. The second-order valence-corrected chi connectivity index (χ2v) is 10.7. The molecule has 4 rings (SSSR count). The van der Waals surface area contributed by atoms with Crippen LogP contribution in [0.1, 0.15) is 18.9 Å². The summed E-state index contributed by atoms with van der Waals surface area (Å²) in [5, 5.41) is 13.9. The number of carboxylic acid groups (broad SMARTS) is 2. The first-order valence-electron chi connectivity index (χ1n) is 8.69. The van der Waals surface area contributed by atoms with Crippen molar-refractivity contribution >= 4 is 43.4 Å². The van der Waals surface area contributed by atoms with E-state index >= 15 is 0 Å². The van der Waals surface area contributed by atoms with Crippen molar-refractivity contribution in [1.82, 2.24) is 14.7 Å². The van der Waals surface area contributed by atoms with Crippen LogP contribution < -0.4 is 4.72 Å². The molecular weight excluding hydrogens is 494 g/mol. The third kappa shape index (κ3) is 5.22. The monoisotopic (exact) mass is 511 g/mol. The van der Waals surface area contributed by atoms with Gasteiger partial charge >= 0.3 is 6.16 Å². The molecule has 1 saturated carbocycles. The van der Waals surface area contributed by atoms with Crippen molar-refractivity contribution in [2.75, 3.05) is 0 Å². The molecule has 1 aromatic carbocycles. The predicted octanol–water partition coefficient (Wildman–Crippen LogP) is 4.20. The van der Waals surface area contributed by atoms with E-state index in [0.717, 1.165) is 21.3 Å². The van der Waals surface area contributed by atoms with Crippen LogP contribution in [0.15, 0.2) is 63.5 Å². The van der Waals surface area contributed by atoms with Crippen molar-refractivity contribution in [1.29, 1.82) is 0 Å². The number of thiophene rings is 1. The van der Waals surface area contributed by atoms with Gasteiger partial charge in [-0.3, -0.25) is 0 Å². The zero-order chi connectivity index (χ0) is 21.9. The van der Waals surface area contributed by atoms with Crippen LogP contribution in [0.3, 0.4) is 0 Å². The summed E-state index contributed by atoms with van der Waals surface area (Å²) in [5.74, 6) is 0.514. The van der Waals surface area contributed by atoms with Crippen molar-refractivity contribution in [2.45, 2.75) is 29.0 Å². The highest BCUT2D eigenvalue weighted by Gasteiger charge is 2.53. The molecule has 1 aliphatic rings. The molecular formula is C19H18BrN3O5S2. The Kier molecular flexibility index (Phi) is 6.56. The fraction of sp³-hybridized carbons (Fsp3) is 0.211. The Hall–Kier alpha value is -2.34. The zero-order valence-corrected chi connectivity index (χ0v) is 18.9. The van der Waals surface area contributed by atoms with Crippen molar-refractivity contribution < 1.29 is 23.4 Å². The third-order valence-corrected chi connectivity index (χ3v) is 8.11. The Balaban J connectivity index is 0.000000589. The van der Waals surface area contributed by atoms with Gasteiger partial charge in [0.1, 0.15) is 4.21 Å². The minimum atomic E-state index is -3.57. The van der Waals surface area contributed by atoms with E-state index in [1.165, 1.54) is 11.3 Å². The highest BCUT2D eigenvalue weighted by Crippen LogP contribution is 2.48. The molecule has 30 heavy (non-hydrogen) atoms. The number of rotatable bonds is 5. The fourth-order valence-corrected chi connectivity index (χ4v) is 5.77. The van der Waals surface area contributed by atoms with E-state index < -0.39 is 16.2 Å². The van der Waals surface area contributed by atoms with Crippen molar-refractivity contribution in [3.63, 3.8) is 0 Å². The van der Waals surface area contributed by atoms with Crippen LogP contribution in [0.4, 0.5) is 4.79 Å². The maximum Gasteiger partial charge on any atom is 0.503 e. The molecule has 0 radical (unpaired) electrons. The van der Waals surface area contributed by atoms with Crippen molar-refractivity contribution in [3.8, 4) is 10.7 Å². The van der Waals surface area contributed by atoms with Crippen LogP contribution in [0, 0.1) is 0 Å². The molecule has 3 aromatic rings. The SMILES string of the molecule is C[C@]1(c2ccccc2)C[C@@H]1NS(=O)(=O)c1ccc(-c2ncc(Br)cn2)s1.O=C(O)O. The lowest BCUT2D eigenvalue weighted by molar-refractivity contribution is 0.137. The number of halogens is 1. The van der Waals surface area contributed by atoms with Gasteiger partial charge in [-0.15, -0.1) is 11.3 Å². The van der Waals surface area contributed by atoms with E-state index in [2.05, 4.69) is 37.5 Å². The molecule has 11 heteroatoms. The smallest absolute Gasteiger partial charge is 0.450 e. The number of nitrogens with zero attached hydrogens (tertiary/aromatic N) is 2. The molecule has 1 aliphatic carbocycles. The number of hydrogen-bond donors (Lipinski definition) is 3. The number of aromatic nitrogens is 2. The van der Waals surface area contributed by atoms with Crippen LogP contribution in [0.5, 0.6) is 0 Å². The minimum Gasteiger partial charge on any atom is -0.450 e. The van der Waals surface area contributed by atoms with Crippen LogP contribution in [0.25, 0.3) is 10.7 Å². The first-order valence-corrected chi connectivity index (χ1v) is 11.8. The molecule has 0 saturated heterocycles. The average molecular weight is 512 g/mol. The number of hydrogen-bond acceptors (Lipinski definition) is 6. The summed E-state index contributed by atoms with van der Waals surface area (Å²) in [4.78, 5) is 17.7. The molecule has 158 valence electrons. The van der Waals surface area contributed by atoms with Gasteiger partial charge in [0.15, 0.2) is 5.82 Å². The summed E-state index contributed by atoms with van der Waals surface area (Å²) in [7, 11) is -3.57. The molecule has 0 bridgehead atoms. The van der Waals surface area contributed by atoms with Crippen molar-refractivity contribution in [2.24, 2.45) is 0 Å². The Morgan fingerprint density at radius 2 is 1.77 bits per heavy atom. The maximum absolute atomic E-state index is 12.8. The van der Waals surface area contributed by atoms with E-state index in [0.29, 0.717) is 5.82 Å². The second kappa shape index (κ2) is 8.80. The van der Waals surface area contributed by atoms with Gasteiger partial charge in [0.25, 0.3) is 0 Å². The van der Waals surface area contributed by atoms with E-state index in [1.807, 2.05) is 30.3 Å². The number of sulfonamides is 1. The standard InChI is InChI=1S/C18H16BrN3O2S2.CH2O3/c1-18(12-5-3-2-4-6-12)9-15(18)22-26(23,24)16-8-7-14(25-16)17-20-10-13(19)11-21-17;2-1(3)4/h2-8,10-11,15,22H,9H2,1H3;(H2,2,3,4)/t15-,18+;/m0./s1. The summed E-state index contributed by atoms with van der Waals surface area (Å²) in [6, 6.07) is 13.3. The van der Waals surface area contributed by atoms with Gasteiger partial charge in [-0.2, -0.15) is 0 Å². The molecule has 3 N–H and O–H groups in total. The summed E-state index contributed by atoms with van der Waals surface area (Å²) in [6.45, 7) is 2.09. The molecule has 2 aromatic heterocycles. The summed E-state index contributed by atoms with van der Waals surface area (Å²) < 4.78 is 29.4. The zero-order valence-electron chi connectivity index (χ0n) is 15.7. The second-order valence-electron chi connectivity index (χ2n) is 6.79. The normalized spacial score (nSPS) is 20.1. The van der Waals surface area contributed by atoms with Crippen LogP contribution in [-0.4, -0.2) is 40.8 Å². The van der Waals surface area contributed by atoms with Crippen molar-refractivity contribution in [3.05, 3.63) is 64.9 Å². The molecule has 0 unspecified atom stereocenters. The van der Waals surface area contributed by atoms with Gasteiger partial charge in [0.2, 0.25) is 10.0 Å². The number of carbonyl (C=O) groups is 1. The maximum atomic E-state index is 12.8. The van der Waals surface area contributed by atoms with Gasteiger partial charge in [-0.1, -0.05) is 37.3 Å². The molecule has 8 nitrogen and oxygen atoms in total. The Labute approximate surface area is 185 Å². The molecule has 2 atom stereocenters. The van der Waals surface area contributed by atoms with E-state index in [-0.39, 0.29) is 15.7 Å². The Morgan fingerprint density at radius 1 is 1.17 bits per heavy atom. The summed E-state index contributed by atoms with van der Waals surface area (Å²) in [5.41, 5.74) is 1.01. The third-order valence-electron chi connectivity index (χ3n) is 4.65. The lowest BCUT2D eigenvalue weighted by Gasteiger charge is -2.12. The van der Waals surface area contributed by atoms with E-state index in [4.69, 9.17) is 15.0 Å². The first kappa shape index (κ1) is 22.3. The van der Waals surface area contributed by atoms with Gasteiger partial charge in [-0.25, -0.2) is 27.9 Å². The highest BCUT2D eigenvalue weighted by atomic mass is 79.9. The van der Waals surface area contributed by atoms with Gasteiger partial charge in [0, 0.05) is 23.9 Å². The summed E-state index contributed by atoms with van der Waals surface area (Å²) >= 11 is 4.47. The van der Waals surface area contributed by atoms with Crippen LogP contribution in [-0.2, 0) is 15.4 Å². The molecule has 2 heterocycles. The topological polar surface area (TPSA) is 129 Å². The largest absolute Gasteiger partial charge is 0.503 e. The minimum absolute atomic E-state index is 0.0932. The fourth-order valence-electron chi connectivity index (χ4n) is 2.94. The Morgan fingerprint density at radius 3 is 2.37 bits per heavy atom. The van der Waals surface area contributed by atoms with E-state index in [1.54, 1.807) is 24.5 Å². The lowest BCUT2D eigenvalue weighted by Crippen LogP contribution is -2.29. The Bertz CT molecular complexity index is 1130. The predicted molar refractivity (Wildman–Crippen MR) is 116 cm³/mol. The first-order chi connectivity index (χ1) is 14.1. The van der Waals surface area contributed by atoms with Gasteiger partial charge < -0.3 is 10.2 Å². The lowest BCUT2D eigenvalue weighted by atomic mass is 9.98. The molecule has 0 spiro atoms. The molecule has 1 fully saturated rings. The number of benzene rings is 1. The van der Waals surface area contributed by atoms with Crippen LogP contribution in [0.2, 0.25) is 0 Å². The molecule has 0 aliphatic heterocycles. The highest BCUT2D eigenvalue weighted by molar-refractivity contribution is 9.10. The number of nitrogens with one attached hydrogen (secondary N) is 1. The quantitative estimate of drug-likeness (QED) is 0.467. The average Bonchev–Trinajstić information content (AvgIpc) is 3.11. The van der Waals surface area contributed by atoms with E-state index in [9.17, 15) is 8.42 Å². The van der Waals surface area contributed by atoms with Gasteiger partial charge in [0.05, 0.1) is 9.35 Å². The van der Waals surface area contributed by atoms with Gasteiger partial charge in [-0.05, 0) is 40.0 Å².